The molecule has 150 valence electrons. The van der Waals surface area contributed by atoms with Gasteiger partial charge in [0.05, 0.1) is 5.39 Å². The Balaban J connectivity index is 1.68. The number of amides is 1. The van der Waals surface area contributed by atoms with Crippen molar-refractivity contribution in [2.45, 2.75) is 6.92 Å². The molecule has 1 fully saturated rings. The van der Waals surface area contributed by atoms with Crippen molar-refractivity contribution < 1.29 is 13.9 Å². The molecule has 1 amide bonds. The van der Waals surface area contributed by atoms with E-state index in [0.29, 0.717) is 29.8 Å². The lowest BCUT2D eigenvalue weighted by atomic mass is 10.1. The highest BCUT2D eigenvalue weighted by atomic mass is 16.5. The summed E-state index contributed by atoms with van der Waals surface area (Å²) in [4.78, 5) is 29.7. The van der Waals surface area contributed by atoms with Crippen molar-refractivity contribution in [1.82, 2.24) is 9.80 Å². The van der Waals surface area contributed by atoms with Gasteiger partial charge >= 0.3 is 0 Å². The molecule has 2 heterocycles. The molecule has 0 bridgehead atoms. The molecule has 0 saturated carbocycles. The second kappa shape index (κ2) is 8.09. The van der Waals surface area contributed by atoms with Gasteiger partial charge in [0.1, 0.15) is 5.58 Å². The van der Waals surface area contributed by atoms with E-state index < -0.39 is 0 Å². The molecule has 0 spiro atoms. The van der Waals surface area contributed by atoms with E-state index in [-0.39, 0.29) is 23.7 Å². The van der Waals surface area contributed by atoms with Crippen molar-refractivity contribution in [2.24, 2.45) is 0 Å². The number of carbonyl (C=O) groups excluding carboxylic acids is 1. The lowest BCUT2D eigenvalue weighted by Gasteiger charge is -2.32. The number of hydrogen-bond acceptors (Lipinski definition) is 5. The predicted molar refractivity (Wildman–Crippen MR) is 112 cm³/mol. The second-order valence-corrected chi connectivity index (χ2v) is 7.43. The Labute approximate surface area is 169 Å². The lowest BCUT2D eigenvalue weighted by molar-refractivity contribution is -0.134. The van der Waals surface area contributed by atoms with Crippen LogP contribution in [0.3, 0.4) is 0 Å². The summed E-state index contributed by atoms with van der Waals surface area (Å²) >= 11 is 0. The maximum atomic E-state index is 13.1. The topological polar surface area (TPSA) is 63.0 Å². The Morgan fingerprint density at radius 2 is 1.79 bits per heavy atom. The number of aryl methyl sites for hydroxylation is 1. The molecule has 0 atom stereocenters. The fourth-order valence-corrected chi connectivity index (χ4v) is 3.48. The Kier molecular flexibility index (Phi) is 5.36. The van der Waals surface area contributed by atoms with Crippen molar-refractivity contribution in [2.75, 3.05) is 39.8 Å². The third kappa shape index (κ3) is 4.03. The standard InChI is InChI=1S/C23H24N2O4/c1-16-8-9-18-19(14-16)29-22(17-6-4-3-5-7-17)23(21(18)27)28-15-20(26)25-12-10-24(2)11-13-25/h3-9,14H,10-13,15H2,1-2H3. The van der Waals surface area contributed by atoms with E-state index in [1.54, 1.807) is 11.0 Å². The zero-order valence-corrected chi connectivity index (χ0v) is 16.7. The molecule has 4 rings (SSSR count). The van der Waals surface area contributed by atoms with Gasteiger partial charge in [-0.3, -0.25) is 9.59 Å². The molecule has 0 N–H and O–H groups in total. The van der Waals surface area contributed by atoms with Crippen LogP contribution in [-0.2, 0) is 4.79 Å². The van der Waals surface area contributed by atoms with Gasteiger partial charge in [-0.15, -0.1) is 0 Å². The third-order valence-corrected chi connectivity index (χ3v) is 5.24. The van der Waals surface area contributed by atoms with Crippen molar-refractivity contribution >= 4 is 16.9 Å². The third-order valence-electron chi connectivity index (χ3n) is 5.24. The van der Waals surface area contributed by atoms with Gasteiger partial charge in [0.25, 0.3) is 5.91 Å². The highest BCUT2D eigenvalue weighted by molar-refractivity contribution is 5.83. The molecular weight excluding hydrogens is 368 g/mol. The van der Waals surface area contributed by atoms with E-state index in [1.807, 2.05) is 56.4 Å². The number of hydrogen-bond donors (Lipinski definition) is 0. The average molecular weight is 392 g/mol. The zero-order valence-electron chi connectivity index (χ0n) is 16.7. The number of carbonyl (C=O) groups is 1. The summed E-state index contributed by atoms with van der Waals surface area (Å²) in [5, 5.41) is 0.442. The Morgan fingerprint density at radius 1 is 1.07 bits per heavy atom. The van der Waals surface area contributed by atoms with E-state index >= 15 is 0 Å². The smallest absolute Gasteiger partial charge is 0.260 e. The molecule has 1 aromatic heterocycles. The molecule has 2 aromatic carbocycles. The second-order valence-electron chi connectivity index (χ2n) is 7.43. The van der Waals surface area contributed by atoms with E-state index in [2.05, 4.69) is 4.90 Å². The van der Waals surface area contributed by atoms with E-state index in [4.69, 9.17) is 9.15 Å². The van der Waals surface area contributed by atoms with Crippen LogP contribution in [0.5, 0.6) is 5.75 Å². The minimum Gasteiger partial charge on any atom is -0.476 e. The first-order valence-corrected chi connectivity index (χ1v) is 9.75. The van der Waals surface area contributed by atoms with Gasteiger partial charge in [-0.1, -0.05) is 36.4 Å². The molecule has 0 radical (unpaired) electrons. The Morgan fingerprint density at radius 3 is 2.52 bits per heavy atom. The van der Waals surface area contributed by atoms with Crippen LogP contribution in [0.4, 0.5) is 0 Å². The summed E-state index contributed by atoms with van der Waals surface area (Å²) in [7, 11) is 2.03. The van der Waals surface area contributed by atoms with Crippen molar-refractivity contribution in [3.05, 3.63) is 64.3 Å². The van der Waals surface area contributed by atoms with E-state index in [0.717, 1.165) is 24.2 Å². The molecule has 0 unspecified atom stereocenters. The van der Waals surface area contributed by atoms with Gasteiger partial charge in [0, 0.05) is 31.7 Å². The van der Waals surface area contributed by atoms with Gasteiger partial charge in [-0.2, -0.15) is 0 Å². The molecule has 6 nitrogen and oxygen atoms in total. The van der Waals surface area contributed by atoms with Crippen LogP contribution in [-0.4, -0.2) is 55.5 Å². The SMILES string of the molecule is Cc1ccc2c(=O)c(OCC(=O)N3CCN(C)CC3)c(-c3ccccc3)oc2c1. The predicted octanol–water partition coefficient (Wildman–Crippen LogP) is 2.92. The molecule has 3 aromatic rings. The highest BCUT2D eigenvalue weighted by Gasteiger charge is 2.22. The fraction of sp³-hybridized carbons (Fsp3) is 0.304. The number of piperazine rings is 1. The molecular formula is C23H24N2O4. The van der Waals surface area contributed by atoms with E-state index in [1.165, 1.54) is 0 Å². The van der Waals surface area contributed by atoms with Crippen LogP contribution in [0, 0.1) is 6.92 Å². The van der Waals surface area contributed by atoms with Crippen molar-refractivity contribution in [3.8, 4) is 17.1 Å². The van der Waals surface area contributed by atoms with Crippen molar-refractivity contribution in [1.29, 1.82) is 0 Å². The maximum absolute atomic E-state index is 13.1. The largest absolute Gasteiger partial charge is 0.476 e. The number of nitrogens with zero attached hydrogens (tertiary/aromatic N) is 2. The van der Waals surface area contributed by atoms with Crippen LogP contribution in [0.25, 0.3) is 22.3 Å². The highest BCUT2D eigenvalue weighted by Crippen LogP contribution is 2.31. The van der Waals surface area contributed by atoms with Gasteiger partial charge < -0.3 is 19.0 Å². The molecule has 6 heteroatoms. The molecule has 1 saturated heterocycles. The summed E-state index contributed by atoms with van der Waals surface area (Å²) in [5.41, 5.74) is 1.97. The summed E-state index contributed by atoms with van der Waals surface area (Å²) in [6.07, 6.45) is 0. The van der Waals surface area contributed by atoms with Crippen LogP contribution in [0.15, 0.2) is 57.7 Å². The quantitative estimate of drug-likeness (QED) is 0.683. The minimum absolute atomic E-state index is 0.0787. The Hall–Kier alpha value is -3.12. The van der Waals surface area contributed by atoms with Crippen LogP contribution < -0.4 is 10.2 Å². The molecule has 1 aliphatic rings. The number of likely N-dealkylation sites (N-methyl/N-ethyl adjacent to an activating group) is 1. The number of benzene rings is 2. The summed E-state index contributed by atoms with van der Waals surface area (Å²) in [6.45, 7) is 4.75. The molecule has 1 aliphatic heterocycles. The molecule has 0 aliphatic carbocycles. The van der Waals surface area contributed by atoms with Gasteiger partial charge in [-0.25, -0.2) is 0 Å². The fourth-order valence-electron chi connectivity index (χ4n) is 3.48. The van der Waals surface area contributed by atoms with Gasteiger partial charge in [-0.05, 0) is 31.7 Å². The minimum atomic E-state index is -0.267. The summed E-state index contributed by atoms with van der Waals surface area (Å²) in [5.74, 6) is 0.301. The monoisotopic (exact) mass is 392 g/mol. The molecule has 29 heavy (non-hydrogen) atoms. The summed E-state index contributed by atoms with van der Waals surface area (Å²) < 4.78 is 11.9. The van der Waals surface area contributed by atoms with Gasteiger partial charge in [0.15, 0.2) is 12.4 Å². The first-order chi connectivity index (χ1) is 14.0. The maximum Gasteiger partial charge on any atom is 0.260 e. The Bertz CT molecular complexity index is 1080. The van der Waals surface area contributed by atoms with E-state index in [9.17, 15) is 9.59 Å². The summed E-state index contributed by atoms with van der Waals surface area (Å²) in [6, 6.07) is 14.8. The average Bonchev–Trinajstić information content (AvgIpc) is 2.73. The van der Waals surface area contributed by atoms with Crippen LogP contribution >= 0.6 is 0 Å². The normalized spacial score (nSPS) is 14.9. The number of fused-ring (bicyclic) bond motifs is 1. The number of ether oxygens (including phenoxy) is 1. The number of rotatable bonds is 4. The van der Waals surface area contributed by atoms with Crippen LogP contribution in [0.1, 0.15) is 5.56 Å². The lowest BCUT2D eigenvalue weighted by Crippen LogP contribution is -2.48. The van der Waals surface area contributed by atoms with Gasteiger partial charge in [0.2, 0.25) is 11.2 Å². The zero-order chi connectivity index (χ0) is 20.4. The first kappa shape index (κ1) is 19.2. The van der Waals surface area contributed by atoms with Crippen LogP contribution in [0.2, 0.25) is 0 Å². The first-order valence-electron chi connectivity index (χ1n) is 9.75. The van der Waals surface area contributed by atoms with Crippen molar-refractivity contribution in [3.63, 3.8) is 0 Å².